The van der Waals surface area contributed by atoms with E-state index < -0.39 is 0 Å². The Morgan fingerprint density at radius 3 is 3.04 bits per heavy atom. The van der Waals surface area contributed by atoms with Gasteiger partial charge in [0.25, 0.3) is 0 Å². The summed E-state index contributed by atoms with van der Waals surface area (Å²) in [5, 5.41) is 12.1. The van der Waals surface area contributed by atoms with Gasteiger partial charge in [0, 0.05) is 37.8 Å². The molecule has 0 aliphatic rings. The van der Waals surface area contributed by atoms with Crippen LogP contribution in [-0.4, -0.2) is 54.2 Å². The van der Waals surface area contributed by atoms with Crippen LogP contribution < -0.4 is 16.8 Å². The number of hydrogen-bond acceptors (Lipinski definition) is 5. The number of nitriles is 1. The van der Waals surface area contributed by atoms with Crippen molar-refractivity contribution in [3.8, 4) is 6.19 Å². The average Bonchev–Trinajstić information content (AvgIpc) is 2.56. The molecular formula is C14H21ClN8S. The van der Waals surface area contributed by atoms with E-state index in [-0.39, 0.29) is 5.96 Å². The third-order valence-corrected chi connectivity index (χ3v) is 4.19. The molecule has 0 aromatic carbocycles. The summed E-state index contributed by atoms with van der Waals surface area (Å²) in [6.45, 7) is 1.70. The lowest BCUT2D eigenvalue weighted by Gasteiger charge is -2.17. The first-order valence-electron chi connectivity index (χ1n) is 7.19. The number of nitrogens with one attached hydrogen (secondary N) is 1. The van der Waals surface area contributed by atoms with Crippen LogP contribution in [0.1, 0.15) is 5.69 Å². The quantitative estimate of drug-likeness (QED) is 0.265. The van der Waals surface area contributed by atoms with Crippen LogP contribution in [0.15, 0.2) is 28.3 Å². The van der Waals surface area contributed by atoms with Crippen molar-refractivity contribution in [3.63, 3.8) is 0 Å². The number of rotatable bonds is 8. The van der Waals surface area contributed by atoms with Crippen molar-refractivity contribution in [3.05, 3.63) is 29.0 Å². The third-order valence-electron chi connectivity index (χ3n) is 2.90. The van der Waals surface area contributed by atoms with Gasteiger partial charge in [0.05, 0.1) is 17.3 Å². The summed E-state index contributed by atoms with van der Waals surface area (Å²) in [4.78, 5) is 13.5. The highest BCUT2D eigenvalue weighted by Gasteiger charge is 2.02. The molecule has 1 aromatic heterocycles. The molecule has 0 atom stereocenters. The molecule has 0 unspecified atom stereocenters. The van der Waals surface area contributed by atoms with E-state index in [0.29, 0.717) is 30.6 Å². The van der Waals surface area contributed by atoms with Gasteiger partial charge < -0.3 is 21.7 Å². The van der Waals surface area contributed by atoms with Crippen LogP contribution in [0.5, 0.6) is 0 Å². The molecule has 0 radical (unpaired) electrons. The Kier molecular flexibility index (Phi) is 9.41. The van der Waals surface area contributed by atoms with Crippen molar-refractivity contribution in [1.82, 2.24) is 15.2 Å². The third kappa shape index (κ3) is 7.89. The first-order chi connectivity index (χ1) is 11.5. The minimum atomic E-state index is 0.166. The standard InChI is InChI=1S/C14H21ClN8S/c1-23(14(18)22-10-16)7-5-20-13(17)21-6-8-24-9-12-11(15)3-2-4-19-12/h2-4H,5-9H2,1H3,(H2,18,22)(H3,17,20,21). The van der Waals surface area contributed by atoms with Crippen LogP contribution >= 0.6 is 23.4 Å². The van der Waals surface area contributed by atoms with Gasteiger partial charge in [-0.25, -0.2) is 0 Å². The number of hydrogen-bond donors (Lipinski definition) is 3. The summed E-state index contributed by atoms with van der Waals surface area (Å²) in [6, 6.07) is 3.64. The summed E-state index contributed by atoms with van der Waals surface area (Å²) >= 11 is 7.73. The van der Waals surface area contributed by atoms with Crippen LogP contribution in [0.2, 0.25) is 5.02 Å². The summed E-state index contributed by atoms with van der Waals surface area (Å²) < 4.78 is 0. The normalized spacial score (nSPS) is 11.9. The van der Waals surface area contributed by atoms with Gasteiger partial charge in [0.1, 0.15) is 0 Å². The van der Waals surface area contributed by atoms with Crippen LogP contribution in [0.25, 0.3) is 0 Å². The van der Waals surface area contributed by atoms with Gasteiger partial charge in [-0.2, -0.15) is 17.0 Å². The molecule has 0 amide bonds. The second-order valence-corrected chi connectivity index (χ2v) is 6.18. The Morgan fingerprint density at radius 1 is 1.54 bits per heavy atom. The molecule has 130 valence electrons. The number of likely N-dealkylation sites (N-methyl/N-ethyl adjacent to an activating group) is 1. The number of guanidine groups is 2. The van der Waals surface area contributed by atoms with E-state index >= 15 is 0 Å². The highest BCUT2D eigenvalue weighted by Crippen LogP contribution is 2.18. The number of nitrogens with zero attached hydrogens (tertiary/aromatic N) is 5. The van der Waals surface area contributed by atoms with Crippen molar-refractivity contribution in [2.75, 3.05) is 32.4 Å². The highest BCUT2D eigenvalue weighted by molar-refractivity contribution is 7.98. The zero-order valence-electron chi connectivity index (χ0n) is 13.4. The topological polar surface area (TPSA) is 129 Å². The zero-order valence-corrected chi connectivity index (χ0v) is 15.0. The van der Waals surface area contributed by atoms with Gasteiger partial charge in [-0.05, 0) is 12.1 Å². The first-order valence-corrected chi connectivity index (χ1v) is 8.72. The second-order valence-electron chi connectivity index (χ2n) is 4.67. The molecule has 0 bridgehead atoms. The first kappa shape index (κ1) is 19.9. The lowest BCUT2D eigenvalue weighted by atomic mass is 10.4. The molecule has 1 rings (SSSR count). The fourth-order valence-electron chi connectivity index (χ4n) is 1.58. The van der Waals surface area contributed by atoms with Gasteiger partial charge in [-0.15, -0.1) is 4.99 Å². The SMILES string of the molecule is CN(CCNC(N)=NCCSCc1ncccc1Cl)C(N)=NC#N. The van der Waals surface area contributed by atoms with Gasteiger partial charge >= 0.3 is 0 Å². The molecule has 8 nitrogen and oxygen atoms in total. The second kappa shape index (κ2) is 11.4. The van der Waals surface area contributed by atoms with E-state index in [1.807, 2.05) is 12.1 Å². The van der Waals surface area contributed by atoms with E-state index in [1.54, 1.807) is 36.1 Å². The Labute approximate surface area is 151 Å². The Hall–Kier alpha value is -2.18. The molecule has 24 heavy (non-hydrogen) atoms. The number of nitrogens with two attached hydrogens (primary N) is 2. The molecule has 0 spiro atoms. The Morgan fingerprint density at radius 2 is 2.33 bits per heavy atom. The number of thioether (sulfide) groups is 1. The summed E-state index contributed by atoms with van der Waals surface area (Å²) in [5.41, 5.74) is 12.2. The van der Waals surface area contributed by atoms with Gasteiger partial charge in [0.2, 0.25) is 12.2 Å². The molecule has 5 N–H and O–H groups in total. The van der Waals surface area contributed by atoms with Crippen LogP contribution in [-0.2, 0) is 5.75 Å². The van der Waals surface area contributed by atoms with Crippen LogP contribution in [0, 0.1) is 11.5 Å². The minimum Gasteiger partial charge on any atom is -0.370 e. The number of aliphatic imine (C=N–C) groups is 2. The molecule has 1 aromatic rings. The van der Waals surface area contributed by atoms with Crippen molar-refractivity contribution in [2.24, 2.45) is 21.5 Å². The molecule has 10 heteroatoms. The van der Waals surface area contributed by atoms with E-state index in [0.717, 1.165) is 17.2 Å². The van der Waals surface area contributed by atoms with Gasteiger partial charge in [0.15, 0.2) is 5.96 Å². The zero-order chi connectivity index (χ0) is 17.8. The molecule has 0 aliphatic carbocycles. The number of aromatic nitrogens is 1. The van der Waals surface area contributed by atoms with Crippen molar-refractivity contribution >= 4 is 35.3 Å². The van der Waals surface area contributed by atoms with Crippen molar-refractivity contribution in [2.45, 2.75) is 5.75 Å². The fourth-order valence-corrected chi connectivity index (χ4v) is 2.64. The molecule has 0 fully saturated rings. The summed E-state index contributed by atoms with van der Waals surface area (Å²) in [5.74, 6) is 2.09. The Balaban J connectivity index is 2.18. The lowest BCUT2D eigenvalue weighted by molar-refractivity contribution is 0.498. The predicted octanol–water partition coefficient (Wildman–Crippen LogP) is 0.600. The lowest BCUT2D eigenvalue weighted by Crippen LogP contribution is -2.41. The summed E-state index contributed by atoms with van der Waals surface area (Å²) in [7, 11) is 1.74. The maximum absolute atomic E-state index is 8.42. The molecule has 0 saturated carbocycles. The summed E-state index contributed by atoms with van der Waals surface area (Å²) in [6.07, 6.45) is 3.37. The van der Waals surface area contributed by atoms with Crippen LogP contribution in [0.4, 0.5) is 0 Å². The maximum Gasteiger partial charge on any atom is 0.209 e. The Bertz CT molecular complexity index is 613. The highest BCUT2D eigenvalue weighted by atomic mass is 35.5. The van der Waals surface area contributed by atoms with Gasteiger partial charge in [-0.1, -0.05) is 11.6 Å². The van der Waals surface area contributed by atoms with Gasteiger partial charge in [-0.3, -0.25) is 9.98 Å². The largest absolute Gasteiger partial charge is 0.370 e. The van der Waals surface area contributed by atoms with E-state index in [1.165, 1.54) is 0 Å². The minimum absolute atomic E-state index is 0.166. The van der Waals surface area contributed by atoms with E-state index in [4.69, 9.17) is 28.3 Å². The van der Waals surface area contributed by atoms with E-state index in [9.17, 15) is 0 Å². The van der Waals surface area contributed by atoms with Crippen molar-refractivity contribution < 1.29 is 0 Å². The number of halogens is 1. The monoisotopic (exact) mass is 368 g/mol. The van der Waals surface area contributed by atoms with E-state index in [2.05, 4.69) is 20.3 Å². The molecule has 1 heterocycles. The molecular weight excluding hydrogens is 348 g/mol. The molecule has 0 saturated heterocycles. The average molecular weight is 369 g/mol. The predicted molar refractivity (Wildman–Crippen MR) is 99.8 cm³/mol. The van der Waals surface area contributed by atoms with Crippen molar-refractivity contribution in [1.29, 1.82) is 5.26 Å². The smallest absolute Gasteiger partial charge is 0.209 e. The maximum atomic E-state index is 8.42. The van der Waals surface area contributed by atoms with Crippen LogP contribution in [0.3, 0.4) is 0 Å². The fraction of sp³-hybridized carbons (Fsp3) is 0.429. The number of pyridine rings is 1. The molecule has 0 aliphatic heterocycles.